The molecule has 2 aromatic rings. The Hall–Kier alpha value is -0.926. The van der Waals surface area contributed by atoms with Gasteiger partial charge in [-0.25, -0.2) is 0 Å². The molecule has 0 radical (unpaired) electrons. The summed E-state index contributed by atoms with van der Waals surface area (Å²) in [6, 6.07) is 7.67. The van der Waals surface area contributed by atoms with Gasteiger partial charge in [-0.1, -0.05) is 107 Å². The van der Waals surface area contributed by atoms with Crippen molar-refractivity contribution < 1.29 is 45.6 Å². The second-order valence-electron chi connectivity index (χ2n) is 14.6. The number of aromatic hydroxyl groups is 2. The van der Waals surface area contributed by atoms with E-state index in [2.05, 4.69) is 41.5 Å². The Kier molecular flexibility index (Phi) is 14.4. The van der Waals surface area contributed by atoms with E-state index in [0.29, 0.717) is 17.5 Å². The fraction of sp³-hybridized carbons (Fsp3) is 0.625. The van der Waals surface area contributed by atoms with Gasteiger partial charge in [-0.05, 0) is 62.0 Å². The average Bonchev–Trinajstić information content (AvgIpc) is 2.73. The van der Waals surface area contributed by atoms with Gasteiger partial charge in [-0.3, -0.25) is 4.57 Å². The van der Waals surface area contributed by atoms with Crippen molar-refractivity contribution in [3.63, 3.8) is 0 Å². The fourth-order valence-electron chi connectivity index (χ4n) is 4.44. The van der Waals surface area contributed by atoms with Gasteiger partial charge in [0.15, 0.2) is 0 Å². The number of hydrogen-bond acceptors (Lipinski definition) is 5. The van der Waals surface area contributed by atoms with Gasteiger partial charge in [-0.15, -0.1) is 0 Å². The molecule has 0 fully saturated rings. The molecule has 0 aliphatic rings. The fourth-order valence-corrected chi connectivity index (χ4v) is 5.96. The molecule has 0 spiro atoms. The maximum atomic E-state index is 12.1. The smallest absolute Gasteiger partial charge is 0.332 e. The molecule has 0 saturated heterocycles. The first-order chi connectivity index (χ1) is 17.8. The van der Waals surface area contributed by atoms with Crippen LogP contribution in [0, 0.1) is 0 Å². The van der Waals surface area contributed by atoms with Crippen molar-refractivity contribution in [1.82, 2.24) is 0 Å². The summed E-state index contributed by atoms with van der Waals surface area (Å²) < 4.78 is 17.0. The van der Waals surface area contributed by atoms with E-state index in [4.69, 9.17) is 9.42 Å². The Morgan fingerprint density at radius 2 is 0.976 bits per heavy atom. The standard InChI is InChI=1S/C17H29O4P.C15H25O2P.Ni/c1-8-21-22(19,20)11-12-9-13(16(2,3)4)15(18)14(10-12)17(5,6)7;1-14(2,3)11-7-10(9-18-17)8-12(13(11)16)15(4,5)6;/h9-10,18H,8,11H2,1-7H3,(H,19,20);7-8,16-18H,9H2,1-6H3;. The molecule has 238 valence electrons. The number of rotatable bonds is 6. The predicted molar refractivity (Wildman–Crippen MR) is 170 cm³/mol. The molecule has 2 rings (SSSR count). The first kappa shape index (κ1) is 40.1. The first-order valence-corrected chi connectivity index (χ1v) is 16.8. The molecule has 0 saturated carbocycles. The Morgan fingerprint density at radius 3 is 1.22 bits per heavy atom. The minimum absolute atomic E-state index is 0. The van der Waals surface area contributed by atoms with E-state index in [0.717, 1.165) is 27.8 Å². The van der Waals surface area contributed by atoms with Gasteiger partial charge < -0.3 is 24.5 Å². The van der Waals surface area contributed by atoms with Crippen molar-refractivity contribution in [3.05, 3.63) is 57.6 Å². The zero-order chi connectivity index (χ0) is 31.5. The zero-order valence-electron chi connectivity index (χ0n) is 27.3. The van der Waals surface area contributed by atoms with Crippen LogP contribution in [0.4, 0.5) is 0 Å². The molecule has 0 bridgehead atoms. The SMILES string of the molecule is CC(C)(C)c1cc(CPO)cc(C(C)(C)C)c1O.CCOP(=O)(O)Cc1cc(C(C)(C)C)c(O)c(C(C)(C)C)c1.[Ni]. The van der Waals surface area contributed by atoms with Crippen LogP contribution in [0.3, 0.4) is 0 Å². The van der Waals surface area contributed by atoms with Crippen LogP contribution in [-0.4, -0.2) is 26.6 Å². The number of hydrogen-bond donors (Lipinski definition) is 4. The van der Waals surface area contributed by atoms with Crippen molar-refractivity contribution in [1.29, 1.82) is 0 Å². The summed E-state index contributed by atoms with van der Waals surface area (Å²) >= 11 is 0. The molecule has 41 heavy (non-hydrogen) atoms. The summed E-state index contributed by atoms with van der Waals surface area (Å²) in [5.41, 5.74) is 4.59. The molecule has 0 aliphatic heterocycles. The third-order valence-electron chi connectivity index (χ3n) is 6.57. The van der Waals surface area contributed by atoms with E-state index in [-0.39, 0.29) is 65.5 Å². The van der Waals surface area contributed by atoms with Crippen molar-refractivity contribution in [2.75, 3.05) is 6.61 Å². The number of benzene rings is 2. The number of phenols is 2. The quantitative estimate of drug-likeness (QED) is 0.183. The Labute approximate surface area is 261 Å². The summed E-state index contributed by atoms with van der Waals surface area (Å²) in [6.07, 6.45) is 0.611. The van der Waals surface area contributed by atoms with Crippen LogP contribution in [0.25, 0.3) is 0 Å². The van der Waals surface area contributed by atoms with E-state index in [9.17, 15) is 19.7 Å². The van der Waals surface area contributed by atoms with Gasteiger partial charge in [0, 0.05) is 31.5 Å². The molecule has 0 amide bonds. The van der Waals surface area contributed by atoms with Crippen LogP contribution in [0.2, 0.25) is 0 Å². The Bertz CT molecular complexity index is 1130. The maximum Gasteiger partial charge on any atom is 0.332 e. The predicted octanol–water partition coefficient (Wildman–Crippen LogP) is 8.78. The van der Waals surface area contributed by atoms with Gasteiger partial charge in [-0.2, -0.15) is 0 Å². The summed E-state index contributed by atoms with van der Waals surface area (Å²) in [6.45, 7) is 26.6. The number of phenolic OH excluding ortho intramolecular Hbond substituents is 2. The molecule has 0 aliphatic carbocycles. The monoisotopic (exact) mass is 654 g/mol. The minimum Gasteiger partial charge on any atom is -0.507 e. The van der Waals surface area contributed by atoms with Gasteiger partial charge in [0.1, 0.15) is 11.5 Å². The van der Waals surface area contributed by atoms with Crippen LogP contribution in [0.1, 0.15) is 123 Å². The van der Waals surface area contributed by atoms with E-state index in [1.165, 1.54) is 0 Å². The largest absolute Gasteiger partial charge is 0.507 e. The average molecular weight is 655 g/mol. The second kappa shape index (κ2) is 14.7. The molecule has 2 atom stereocenters. The topological polar surface area (TPSA) is 107 Å². The van der Waals surface area contributed by atoms with Crippen molar-refractivity contribution in [2.45, 2.75) is 124 Å². The first-order valence-electron chi connectivity index (χ1n) is 13.9. The normalized spacial score (nSPS) is 14.3. The van der Waals surface area contributed by atoms with Crippen LogP contribution in [0.5, 0.6) is 11.5 Å². The van der Waals surface area contributed by atoms with Crippen LogP contribution < -0.4 is 0 Å². The van der Waals surface area contributed by atoms with Crippen molar-refractivity contribution in [3.8, 4) is 11.5 Å². The molecular weight excluding hydrogens is 601 g/mol. The molecule has 2 aromatic carbocycles. The van der Waals surface area contributed by atoms with Crippen LogP contribution in [-0.2, 0) is 59.6 Å². The van der Waals surface area contributed by atoms with Crippen LogP contribution in [0.15, 0.2) is 24.3 Å². The Morgan fingerprint density at radius 1 is 0.683 bits per heavy atom. The third kappa shape index (κ3) is 11.9. The van der Waals surface area contributed by atoms with E-state index >= 15 is 0 Å². The Balaban J connectivity index is 0.000000776. The molecule has 0 aromatic heterocycles. The maximum absolute atomic E-state index is 12.1. The molecular formula is C32H54NiO6P2. The minimum atomic E-state index is -3.66. The van der Waals surface area contributed by atoms with Crippen molar-refractivity contribution >= 4 is 16.4 Å². The van der Waals surface area contributed by atoms with E-state index < -0.39 is 7.60 Å². The summed E-state index contributed by atoms with van der Waals surface area (Å²) in [7, 11) is -3.75. The van der Waals surface area contributed by atoms with Gasteiger partial charge >= 0.3 is 7.60 Å². The van der Waals surface area contributed by atoms with Gasteiger partial charge in [0.05, 0.1) is 12.8 Å². The molecule has 0 heterocycles. The molecule has 4 N–H and O–H groups in total. The summed E-state index contributed by atoms with van der Waals surface area (Å²) in [5, 5.41) is 21.1. The van der Waals surface area contributed by atoms with Crippen molar-refractivity contribution in [2.24, 2.45) is 0 Å². The van der Waals surface area contributed by atoms with Gasteiger partial charge in [0.2, 0.25) is 0 Å². The van der Waals surface area contributed by atoms with E-state index in [1.807, 2.05) is 65.8 Å². The summed E-state index contributed by atoms with van der Waals surface area (Å²) in [5.74, 6) is 0.674. The second-order valence-corrected chi connectivity index (χ2v) is 17.1. The molecule has 6 nitrogen and oxygen atoms in total. The third-order valence-corrected chi connectivity index (χ3v) is 8.56. The summed E-state index contributed by atoms with van der Waals surface area (Å²) in [4.78, 5) is 19.0. The van der Waals surface area contributed by atoms with E-state index in [1.54, 1.807) is 6.92 Å². The molecule has 2 unspecified atom stereocenters. The van der Waals surface area contributed by atoms with Crippen LogP contribution >= 0.6 is 16.4 Å². The van der Waals surface area contributed by atoms with Gasteiger partial charge in [0.25, 0.3) is 0 Å². The zero-order valence-corrected chi connectivity index (χ0v) is 30.2. The molecule has 9 heteroatoms.